The molecule has 2 rings (SSSR count). The molecule has 0 aliphatic rings. The highest BCUT2D eigenvalue weighted by atomic mass is 16.5. The van der Waals surface area contributed by atoms with Crippen LogP contribution in [0.15, 0.2) is 30.5 Å². The standard InChI is InChI=1S/C14H18N2O2/c1-10-8-15-16(2)13(10)14(17)12-7-5-4-6-11(12)9-18-3/h4-8,14,17H,9H2,1-3H3. The Morgan fingerprint density at radius 3 is 2.72 bits per heavy atom. The largest absolute Gasteiger partial charge is 0.382 e. The van der Waals surface area contributed by atoms with Crippen LogP contribution >= 0.6 is 0 Å². The Labute approximate surface area is 107 Å². The van der Waals surface area contributed by atoms with Crippen LogP contribution in [0.2, 0.25) is 0 Å². The highest BCUT2D eigenvalue weighted by molar-refractivity contribution is 5.35. The monoisotopic (exact) mass is 246 g/mol. The molecular formula is C14H18N2O2. The number of hydrogen-bond acceptors (Lipinski definition) is 3. The Hall–Kier alpha value is -1.65. The van der Waals surface area contributed by atoms with Crippen molar-refractivity contribution in [2.75, 3.05) is 7.11 Å². The van der Waals surface area contributed by atoms with Crippen molar-refractivity contribution in [1.82, 2.24) is 9.78 Å². The van der Waals surface area contributed by atoms with Gasteiger partial charge >= 0.3 is 0 Å². The number of nitrogens with zero attached hydrogens (tertiary/aromatic N) is 2. The van der Waals surface area contributed by atoms with Gasteiger partial charge in [-0.05, 0) is 23.6 Å². The maximum absolute atomic E-state index is 10.5. The zero-order valence-electron chi connectivity index (χ0n) is 10.9. The van der Waals surface area contributed by atoms with Gasteiger partial charge in [0.1, 0.15) is 6.10 Å². The molecule has 2 aromatic rings. The lowest BCUT2D eigenvalue weighted by Crippen LogP contribution is -2.10. The molecule has 1 unspecified atom stereocenters. The second kappa shape index (κ2) is 5.33. The van der Waals surface area contributed by atoms with Crippen LogP contribution < -0.4 is 0 Å². The van der Waals surface area contributed by atoms with Crippen LogP contribution in [0.5, 0.6) is 0 Å². The van der Waals surface area contributed by atoms with Crippen LogP contribution in [0.25, 0.3) is 0 Å². The quantitative estimate of drug-likeness (QED) is 0.897. The molecule has 0 saturated carbocycles. The number of methoxy groups -OCH3 is 1. The van der Waals surface area contributed by atoms with Gasteiger partial charge in [-0.1, -0.05) is 24.3 Å². The summed E-state index contributed by atoms with van der Waals surface area (Å²) in [5.74, 6) is 0. The smallest absolute Gasteiger partial charge is 0.121 e. The summed E-state index contributed by atoms with van der Waals surface area (Å²) >= 11 is 0. The van der Waals surface area contributed by atoms with Gasteiger partial charge in [-0.2, -0.15) is 5.10 Å². The Morgan fingerprint density at radius 2 is 2.11 bits per heavy atom. The van der Waals surface area contributed by atoms with Crippen molar-refractivity contribution < 1.29 is 9.84 Å². The lowest BCUT2D eigenvalue weighted by atomic mass is 9.99. The molecule has 1 N–H and O–H groups in total. The molecule has 0 amide bonds. The molecule has 0 saturated heterocycles. The van der Waals surface area contributed by atoms with Crippen LogP contribution in [0.4, 0.5) is 0 Å². The van der Waals surface area contributed by atoms with Gasteiger partial charge in [0.2, 0.25) is 0 Å². The maximum Gasteiger partial charge on any atom is 0.121 e. The highest BCUT2D eigenvalue weighted by Gasteiger charge is 2.19. The van der Waals surface area contributed by atoms with Gasteiger partial charge in [-0.3, -0.25) is 4.68 Å². The Kier molecular flexibility index (Phi) is 3.79. The van der Waals surface area contributed by atoms with E-state index in [1.165, 1.54) is 0 Å². The van der Waals surface area contributed by atoms with Crippen molar-refractivity contribution in [2.45, 2.75) is 19.6 Å². The molecule has 0 aliphatic carbocycles. The fourth-order valence-electron chi connectivity index (χ4n) is 2.18. The molecule has 0 fully saturated rings. The number of benzene rings is 1. The minimum atomic E-state index is -0.677. The molecule has 96 valence electrons. The van der Waals surface area contributed by atoms with Gasteiger partial charge in [0.15, 0.2) is 0 Å². The van der Waals surface area contributed by atoms with Crippen molar-refractivity contribution in [2.24, 2.45) is 7.05 Å². The molecular weight excluding hydrogens is 228 g/mol. The van der Waals surface area contributed by atoms with Gasteiger partial charge in [0.25, 0.3) is 0 Å². The summed E-state index contributed by atoms with van der Waals surface area (Å²) in [6, 6.07) is 7.75. The second-order valence-corrected chi connectivity index (χ2v) is 4.37. The van der Waals surface area contributed by atoms with Crippen molar-refractivity contribution in [3.8, 4) is 0 Å². The van der Waals surface area contributed by atoms with Gasteiger partial charge in [0.05, 0.1) is 18.5 Å². The molecule has 1 heterocycles. The van der Waals surface area contributed by atoms with E-state index in [9.17, 15) is 5.11 Å². The first-order valence-corrected chi connectivity index (χ1v) is 5.88. The van der Waals surface area contributed by atoms with Crippen molar-refractivity contribution in [3.05, 3.63) is 52.8 Å². The molecule has 0 bridgehead atoms. The molecule has 4 nitrogen and oxygen atoms in total. The summed E-state index contributed by atoms with van der Waals surface area (Å²) in [6.07, 6.45) is 1.08. The van der Waals surface area contributed by atoms with E-state index in [4.69, 9.17) is 4.74 Å². The Bertz CT molecular complexity index is 515. The van der Waals surface area contributed by atoms with E-state index in [0.717, 1.165) is 22.4 Å². The summed E-state index contributed by atoms with van der Waals surface area (Å²) in [4.78, 5) is 0. The number of hydrogen-bond donors (Lipinski definition) is 1. The van der Waals surface area contributed by atoms with E-state index in [-0.39, 0.29) is 0 Å². The number of aliphatic hydroxyl groups excluding tert-OH is 1. The number of aliphatic hydroxyl groups is 1. The lowest BCUT2D eigenvalue weighted by molar-refractivity contribution is 0.174. The van der Waals surface area contributed by atoms with Crippen LogP contribution in [-0.4, -0.2) is 22.0 Å². The van der Waals surface area contributed by atoms with Crippen LogP contribution in [-0.2, 0) is 18.4 Å². The summed E-state index contributed by atoms with van der Waals surface area (Å²) in [5, 5.41) is 14.7. The first kappa shape index (κ1) is 12.8. The number of aromatic nitrogens is 2. The van der Waals surface area contributed by atoms with Gasteiger partial charge < -0.3 is 9.84 Å². The lowest BCUT2D eigenvalue weighted by Gasteiger charge is -2.16. The van der Waals surface area contributed by atoms with E-state index in [2.05, 4.69) is 5.10 Å². The van der Waals surface area contributed by atoms with Gasteiger partial charge in [-0.15, -0.1) is 0 Å². The second-order valence-electron chi connectivity index (χ2n) is 4.37. The van der Waals surface area contributed by atoms with Crippen LogP contribution in [0.3, 0.4) is 0 Å². The summed E-state index contributed by atoms with van der Waals surface area (Å²) in [6.45, 7) is 2.44. The number of ether oxygens (including phenoxy) is 1. The van der Waals surface area contributed by atoms with Crippen LogP contribution in [0, 0.1) is 6.92 Å². The van der Waals surface area contributed by atoms with E-state index in [1.807, 2.05) is 38.2 Å². The molecule has 1 atom stereocenters. The Balaban J connectivity index is 2.43. The van der Waals surface area contributed by atoms with Crippen LogP contribution in [0.1, 0.15) is 28.5 Å². The molecule has 0 radical (unpaired) electrons. The third-order valence-corrected chi connectivity index (χ3v) is 3.09. The zero-order chi connectivity index (χ0) is 13.1. The molecule has 1 aromatic heterocycles. The normalized spacial score (nSPS) is 12.7. The minimum absolute atomic E-state index is 0.490. The van der Waals surface area contributed by atoms with E-state index in [1.54, 1.807) is 18.0 Å². The third-order valence-electron chi connectivity index (χ3n) is 3.09. The number of rotatable bonds is 4. The predicted octanol–water partition coefficient (Wildman–Crippen LogP) is 1.96. The molecule has 18 heavy (non-hydrogen) atoms. The Morgan fingerprint density at radius 1 is 1.39 bits per heavy atom. The van der Waals surface area contributed by atoms with Crippen molar-refractivity contribution in [3.63, 3.8) is 0 Å². The van der Waals surface area contributed by atoms with Crippen molar-refractivity contribution in [1.29, 1.82) is 0 Å². The highest BCUT2D eigenvalue weighted by Crippen LogP contribution is 2.27. The molecule has 0 spiro atoms. The summed E-state index contributed by atoms with van der Waals surface area (Å²) < 4.78 is 6.87. The molecule has 4 heteroatoms. The fraction of sp³-hybridized carbons (Fsp3) is 0.357. The summed E-state index contributed by atoms with van der Waals surface area (Å²) in [5.41, 5.74) is 3.66. The average Bonchev–Trinajstić information content (AvgIpc) is 2.69. The van der Waals surface area contributed by atoms with Gasteiger partial charge in [0, 0.05) is 14.2 Å². The first-order chi connectivity index (χ1) is 8.65. The van der Waals surface area contributed by atoms with E-state index in [0.29, 0.717) is 6.61 Å². The zero-order valence-corrected chi connectivity index (χ0v) is 10.9. The minimum Gasteiger partial charge on any atom is -0.382 e. The van der Waals surface area contributed by atoms with E-state index < -0.39 is 6.10 Å². The van der Waals surface area contributed by atoms with Crippen molar-refractivity contribution >= 4 is 0 Å². The maximum atomic E-state index is 10.5. The number of aryl methyl sites for hydroxylation is 2. The molecule has 1 aromatic carbocycles. The first-order valence-electron chi connectivity index (χ1n) is 5.88. The predicted molar refractivity (Wildman–Crippen MR) is 69.2 cm³/mol. The van der Waals surface area contributed by atoms with E-state index >= 15 is 0 Å². The summed E-state index contributed by atoms with van der Waals surface area (Å²) in [7, 11) is 3.49. The van der Waals surface area contributed by atoms with Gasteiger partial charge in [-0.25, -0.2) is 0 Å². The third kappa shape index (κ3) is 2.30. The average molecular weight is 246 g/mol. The fourth-order valence-corrected chi connectivity index (χ4v) is 2.18. The SMILES string of the molecule is COCc1ccccc1C(O)c1c(C)cnn1C. The molecule has 0 aliphatic heterocycles. The topological polar surface area (TPSA) is 47.3 Å².